The van der Waals surface area contributed by atoms with Gasteiger partial charge in [0.05, 0.1) is 30.5 Å². The van der Waals surface area contributed by atoms with Crippen molar-refractivity contribution in [1.29, 1.82) is 0 Å². The Labute approximate surface area is 243 Å². The molecule has 1 aromatic rings. The summed E-state index contributed by atoms with van der Waals surface area (Å²) in [6.45, 7) is -1.56. The minimum Gasteiger partial charge on any atom is -0.544 e. The molecule has 0 fully saturated rings. The molecule has 14 nitrogen and oxygen atoms in total. The molecule has 1 amide bonds. The van der Waals surface area contributed by atoms with Crippen molar-refractivity contribution in [2.75, 3.05) is 52.4 Å². The molecule has 3 N–H and O–H groups in total. The predicted molar refractivity (Wildman–Crippen MR) is 113 cm³/mol. The molecule has 0 spiro atoms. The maximum absolute atomic E-state index is 11.8. The normalized spacial score (nSPS) is 12.4. The summed E-state index contributed by atoms with van der Waals surface area (Å²) < 4.78 is 5.36. The Morgan fingerprint density at radius 2 is 1.27 bits per heavy atom. The average molecular weight is 552 g/mol. The van der Waals surface area contributed by atoms with Crippen molar-refractivity contribution in [1.82, 2.24) is 0 Å². The van der Waals surface area contributed by atoms with Gasteiger partial charge in [-0.05, 0) is 24.6 Å². The third-order valence-electron chi connectivity index (χ3n) is 5.39. The number of benzene rings is 1. The van der Waals surface area contributed by atoms with Crippen LogP contribution in [0.4, 0.5) is 4.79 Å². The number of carboxylic acids is 4. The zero-order valence-corrected chi connectivity index (χ0v) is 22.7. The Morgan fingerprint density at radius 3 is 1.68 bits per heavy atom. The van der Waals surface area contributed by atoms with Crippen LogP contribution in [0.25, 0.3) is 0 Å². The van der Waals surface area contributed by atoms with E-state index in [2.05, 4.69) is 0 Å². The van der Waals surface area contributed by atoms with Crippen molar-refractivity contribution >= 4 is 67.7 Å². The number of carbonyl (C=O) groups excluding carboxylic acids is 5. The quantitative estimate of drug-likeness (QED) is 0.145. The van der Waals surface area contributed by atoms with Crippen LogP contribution < -0.4 is 45.0 Å². The SMILES string of the molecule is CCOc1ccc(CC(C[NH+](CC[NH+](CC(=O)[O-])CC(=O)[O-])C(=O)[O-])[NH+](CC(=O)[O-])CC(=O)[O-])cc1.[Ca+2]. The number of nitrogens with one attached hydrogen (secondary N) is 3. The fourth-order valence-corrected chi connectivity index (χ4v) is 3.82. The zero-order valence-electron chi connectivity index (χ0n) is 20.4. The van der Waals surface area contributed by atoms with Crippen LogP contribution in [0.1, 0.15) is 12.5 Å². The molecule has 2 atom stereocenters. The van der Waals surface area contributed by atoms with E-state index < -0.39 is 62.2 Å². The molecule has 2 unspecified atom stereocenters. The summed E-state index contributed by atoms with van der Waals surface area (Å²) in [5.74, 6) is -5.65. The van der Waals surface area contributed by atoms with E-state index >= 15 is 0 Å². The third kappa shape index (κ3) is 14.7. The van der Waals surface area contributed by atoms with Gasteiger partial charge in [0.2, 0.25) is 0 Å². The van der Waals surface area contributed by atoms with E-state index in [4.69, 9.17) is 4.74 Å². The Balaban J connectivity index is 0.0000130. The van der Waals surface area contributed by atoms with E-state index in [1.54, 1.807) is 31.2 Å². The van der Waals surface area contributed by atoms with Gasteiger partial charge in [-0.25, -0.2) is 0 Å². The van der Waals surface area contributed by atoms with E-state index in [-0.39, 0.29) is 78.5 Å². The number of carbonyl (C=O) groups is 5. The van der Waals surface area contributed by atoms with Gasteiger partial charge in [0.25, 0.3) is 6.09 Å². The third-order valence-corrected chi connectivity index (χ3v) is 5.39. The predicted octanol–water partition coefficient (Wildman–Crippen LogP) is -11.4. The summed E-state index contributed by atoms with van der Waals surface area (Å²) in [5.41, 5.74) is 0.636. The summed E-state index contributed by atoms with van der Waals surface area (Å²) in [4.78, 5) is 55.8. The van der Waals surface area contributed by atoms with Crippen LogP contribution in [0, 0.1) is 0 Å². The van der Waals surface area contributed by atoms with Gasteiger partial charge in [0.1, 0.15) is 57.6 Å². The molecule has 0 radical (unpaired) electrons. The Bertz CT molecular complexity index is 882. The molecular formula is C22H29CaN3O11. The first-order chi connectivity index (χ1) is 16.9. The Morgan fingerprint density at radius 1 is 0.784 bits per heavy atom. The van der Waals surface area contributed by atoms with E-state index in [0.29, 0.717) is 17.9 Å². The first kappa shape index (κ1) is 34.5. The number of ether oxygens (including phenoxy) is 1. The smallest absolute Gasteiger partial charge is 0.544 e. The monoisotopic (exact) mass is 551 g/mol. The number of carboxylic acid groups (broad SMARTS) is 5. The van der Waals surface area contributed by atoms with Crippen LogP contribution in [0.15, 0.2) is 24.3 Å². The standard InChI is InChI=1S/C22H31N3O11.Ca/c1-2-36-17-5-3-15(4-6-17)9-16(25(13-20(30)31)14-21(32)33)10-24(22(34)35)8-7-23(11-18(26)27)12-19(28)29;/h3-6,16H,2,7-14H2,1H3,(H,26,27)(H,28,29)(H,30,31)(H,32,33)(H,34,35);/q;+2/p-2. The fourth-order valence-electron chi connectivity index (χ4n) is 3.82. The van der Waals surface area contributed by atoms with Crippen molar-refractivity contribution in [2.24, 2.45) is 0 Å². The van der Waals surface area contributed by atoms with Crippen LogP contribution in [-0.2, 0) is 25.6 Å². The van der Waals surface area contributed by atoms with Crippen molar-refractivity contribution in [2.45, 2.75) is 19.4 Å². The maximum Gasteiger partial charge on any atom is 2.00 e. The summed E-state index contributed by atoms with van der Waals surface area (Å²) in [6, 6.07) is 5.74. The number of aliphatic carboxylic acids is 4. The number of quaternary nitrogens is 3. The number of rotatable bonds is 18. The number of amides is 1. The van der Waals surface area contributed by atoms with Crippen molar-refractivity contribution in [3.05, 3.63) is 29.8 Å². The molecule has 0 bridgehead atoms. The molecule has 0 aliphatic carbocycles. The average Bonchev–Trinajstić information content (AvgIpc) is 2.75. The van der Waals surface area contributed by atoms with Crippen LogP contribution in [0.2, 0.25) is 0 Å². The first-order valence-corrected chi connectivity index (χ1v) is 11.2. The molecule has 0 aliphatic rings. The second-order valence-corrected chi connectivity index (χ2v) is 8.18. The Kier molecular flexibility index (Phi) is 16.7. The van der Waals surface area contributed by atoms with Gasteiger partial charge in [0.15, 0.2) is 0 Å². The van der Waals surface area contributed by atoms with Crippen LogP contribution >= 0.6 is 0 Å². The summed E-state index contributed by atoms with van der Waals surface area (Å²) in [7, 11) is 0. The van der Waals surface area contributed by atoms with Gasteiger partial charge in [-0.1, -0.05) is 12.1 Å². The van der Waals surface area contributed by atoms with Gasteiger partial charge in [-0.2, -0.15) is 0 Å². The summed E-state index contributed by atoms with van der Waals surface area (Å²) in [5, 5.41) is 56.2. The fraction of sp³-hybridized carbons (Fsp3) is 0.500. The van der Waals surface area contributed by atoms with E-state index in [9.17, 15) is 49.5 Å². The first-order valence-electron chi connectivity index (χ1n) is 11.2. The van der Waals surface area contributed by atoms with E-state index in [0.717, 1.165) is 0 Å². The van der Waals surface area contributed by atoms with Crippen molar-refractivity contribution < 1.29 is 68.9 Å². The van der Waals surface area contributed by atoms with Crippen molar-refractivity contribution in [3.8, 4) is 5.75 Å². The van der Waals surface area contributed by atoms with Crippen LogP contribution in [0.3, 0.4) is 0 Å². The molecule has 200 valence electrons. The van der Waals surface area contributed by atoms with Crippen LogP contribution in [0.5, 0.6) is 5.75 Å². The van der Waals surface area contributed by atoms with Gasteiger partial charge in [-0.15, -0.1) is 0 Å². The van der Waals surface area contributed by atoms with Gasteiger partial charge < -0.3 is 64.0 Å². The van der Waals surface area contributed by atoms with E-state index in [1.807, 2.05) is 0 Å². The second-order valence-electron chi connectivity index (χ2n) is 8.18. The van der Waals surface area contributed by atoms with Gasteiger partial charge >= 0.3 is 37.7 Å². The molecule has 0 saturated carbocycles. The Hall–Kier alpha value is -2.49. The molecule has 0 aliphatic heterocycles. The van der Waals surface area contributed by atoms with Gasteiger partial charge in [0, 0.05) is 6.42 Å². The van der Waals surface area contributed by atoms with Crippen LogP contribution in [-0.4, -0.2) is 126 Å². The van der Waals surface area contributed by atoms with Gasteiger partial charge in [-0.3, -0.25) is 4.90 Å². The molecule has 37 heavy (non-hydrogen) atoms. The number of hydrogen-bond acceptors (Lipinski definition) is 11. The topological polar surface area (TPSA) is 223 Å². The molecular weight excluding hydrogens is 522 g/mol. The minimum atomic E-state index is -1.62. The maximum atomic E-state index is 11.8. The molecule has 15 heteroatoms. The van der Waals surface area contributed by atoms with Crippen molar-refractivity contribution in [3.63, 3.8) is 0 Å². The second kappa shape index (κ2) is 17.9. The van der Waals surface area contributed by atoms with E-state index in [1.165, 1.54) is 0 Å². The molecule has 0 heterocycles. The molecule has 1 rings (SSSR count). The molecule has 1 aromatic carbocycles. The summed E-state index contributed by atoms with van der Waals surface area (Å²) >= 11 is 0. The zero-order chi connectivity index (χ0) is 27.3. The molecule has 0 saturated heterocycles. The number of hydrogen-bond donors (Lipinski definition) is 3. The summed E-state index contributed by atoms with van der Waals surface area (Å²) in [6.07, 6.45) is -1.55. The minimum absolute atomic E-state index is 0. The molecule has 0 aromatic heterocycles. The largest absolute Gasteiger partial charge is 2.00 e.